The highest BCUT2D eigenvalue weighted by molar-refractivity contribution is 7.77. The van der Waals surface area contributed by atoms with Crippen molar-refractivity contribution in [3.8, 4) is 0 Å². The Morgan fingerprint density at radius 3 is 2.80 bits per heavy atom. The molecule has 1 saturated heterocycles. The molecule has 58 valence electrons. The number of hydrogen-bond acceptors (Lipinski definition) is 3. The van der Waals surface area contributed by atoms with Gasteiger partial charge in [0, 0.05) is 19.0 Å². The third-order valence-electron chi connectivity index (χ3n) is 1.80. The Kier molecular flexibility index (Phi) is 3.15. The SMILES string of the molecule is O=C(P)C1CCCN(S)C1. The summed E-state index contributed by atoms with van der Waals surface area (Å²) in [5.74, 6) is 0.205. The number of carbonyl (C=O) groups is 1. The van der Waals surface area contributed by atoms with Crippen LogP contribution in [0.25, 0.3) is 0 Å². The summed E-state index contributed by atoms with van der Waals surface area (Å²) in [4.78, 5) is 10.8. The summed E-state index contributed by atoms with van der Waals surface area (Å²) in [5.41, 5.74) is 0.221. The lowest BCUT2D eigenvalue weighted by Gasteiger charge is -2.26. The van der Waals surface area contributed by atoms with Gasteiger partial charge < -0.3 is 0 Å². The Balaban J connectivity index is 2.39. The molecule has 0 saturated carbocycles. The largest absolute Gasteiger partial charge is 0.295 e. The van der Waals surface area contributed by atoms with E-state index in [1.54, 1.807) is 0 Å². The molecule has 0 spiro atoms. The van der Waals surface area contributed by atoms with Crippen LogP contribution in [0, 0.1) is 5.92 Å². The van der Waals surface area contributed by atoms with E-state index in [4.69, 9.17) is 0 Å². The Labute approximate surface area is 69.1 Å². The molecule has 0 N–H and O–H groups in total. The standard InChI is InChI=1S/C6H12NOPS/c8-6(9)5-2-1-3-7(10)4-5/h5,10H,1-4,9H2. The van der Waals surface area contributed by atoms with E-state index in [-0.39, 0.29) is 11.4 Å². The van der Waals surface area contributed by atoms with Gasteiger partial charge in [0.2, 0.25) is 0 Å². The zero-order chi connectivity index (χ0) is 7.56. The fourth-order valence-corrected chi connectivity index (χ4v) is 1.80. The molecule has 0 aromatic carbocycles. The number of hydrogen-bond donors (Lipinski definition) is 1. The van der Waals surface area contributed by atoms with Gasteiger partial charge in [0.1, 0.15) is 0 Å². The second-order valence-electron chi connectivity index (χ2n) is 2.65. The topological polar surface area (TPSA) is 20.3 Å². The Morgan fingerprint density at radius 1 is 1.70 bits per heavy atom. The van der Waals surface area contributed by atoms with Crippen LogP contribution >= 0.6 is 22.1 Å². The van der Waals surface area contributed by atoms with E-state index < -0.39 is 0 Å². The monoisotopic (exact) mass is 177 g/mol. The highest BCUT2D eigenvalue weighted by Crippen LogP contribution is 2.20. The summed E-state index contributed by atoms with van der Waals surface area (Å²) in [7, 11) is 2.24. The average molecular weight is 177 g/mol. The molecular formula is C6H12NOPS. The van der Waals surface area contributed by atoms with Crippen molar-refractivity contribution in [2.75, 3.05) is 13.1 Å². The molecule has 2 unspecified atom stereocenters. The molecule has 2 atom stereocenters. The van der Waals surface area contributed by atoms with Crippen LogP contribution in [0.5, 0.6) is 0 Å². The first kappa shape index (κ1) is 8.51. The van der Waals surface area contributed by atoms with Crippen molar-refractivity contribution in [1.29, 1.82) is 0 Å². The quantitative estimate of drug-likeness (QED) is 0.475. The zero-order valence-electron chi connectivity index (χ0n) is 5.79. The van der Waals surface area contributed by atoms with Gasteiger partial charge in [-0.1, -0.05) is 22.1 Å². The van der Waals surface area contributed by atoms with Gasteiger partial charge in [-0.3, -0.25) is 9.10 Å². The second kappa shape index (κ2) is 3.70. The first-order chi connectivity index (χ1) is 4.70. The van der Waals surface area contributed by atoms with Crippen molar-refractivity contribution in [3.63, 3.8) is 0 Å². The van der Waals surface area contributed by atoms with Crippen molar-refractivity contribution < 1.29 is 4.79 Å². The summed E-state index contributed by atoms with van der Waals surface area (Å²) in [6.07, 6.45) is 2.12. The molecule has 0 aliphatic carbocycles. The lowest BCUT2D eigenvalue weighted by atomic mass is 10.0. The summed E-state index contributed by atoms with van der Waals surface area (Å²) < 4.78 is 1.91. The van der Waals surface area contributed by atoms with E-state index in [9.17, 15) is 4.79 Å². The van der Waals surface area contributed by atoms with Crippen LogP contribution in [0.3, 0.4) is 0 Å². The maximum Gasteiger partial charge on any atom is 0.152 e. The molecule has 1 fully saturated rings. The predicted molar refractivity (Wildman–Crippen MR) is 48.0 cm³/mol. The summed E-state index contributed by atoms with van der Waals surface area (Å²) in [6.45, 7) is 1.82. The van der Waals surface area contributed by atoms with Gasteiger partial charge in [0.05, 0.1) is 0 Å². The highest BCUT2D eigenvalue weighted by Gasteiger charge is 2.20. The third kappa shape index (κ3) is 2.22. The van der Waals surface area contributed by atoms with Gasteiger partial charge in [-0.05, 0) is 12.8 Å². The maximum atomic E-state index is 10.8. The van der Waals surface area contributed by atoms with Gasteiger partial charge in [-0.15, -0.1) is 0 Å². The van der Waals surface area contributed by atoms with Gasteiger partial charge in [-0.2, -0.15) is 0 Å². The van der Waals surface area contributed by atoms with Crippen LogP contribution < -0.4 is 0 Å². The first-order valence-electron chi connectivity index (χ1n) is 3.43. The van der Waals surface area contributed by atoms with Crippen molar-refractivity contribution >= 4 is 27.6 Å². The number of rotatable bonds is 1. The number of nitrogens with zero attached hydrogens (tertiary/aromatic N) is 1. The summed E-state index contributed by atoms with van der Waals surface area (Å²) in [5, 5.41) is 0. The number of carbonyl (C=O) groups excluding carboxylic acids is 1. The lowest BCUT2D eigenvalue weighted by molar-refractivity contribution is -0.115. The average Bonchev–Trinajstić information content (AvgIpc) is 1.88. The fourth-order valence-electron chi connectivity index (χ4n) is 1.19. The van der Waals surface area contributed by atoms with E-state index in [1.807, 2.05) is 4.31 Å². The fraction of sp³-hybridized carbons (Fsp3) is 0.833. The van der Waals surface area contributed by atoms with Crippen molar-refractivity contribution in [1.82, 2.24) is 4.31 Å². The first-order valence-corrected chi connectivity index (χ1v) is 4.41. The molecule has 0 radical (unpaired) electrons. The minimum absolute atomic E-state index is 0.205. The molecule has 0 aromatic heterocycles. The Bertz CT molecular complexity index is 142. The lowest BCUT2D eigenvalue weighted by Crippen LogP contribution is -2.31. The van der Waals surface area contributed by atoms with Crippen LogP contribution in [0.1, 0.15) is 12.8 Å². The normalized spacial score (nSPS) is 28.4. The second-order valence-corrected chi connectivity index (χ2v) is 3.79. The van der Waals surface area contributed by atoms with Crippen LogP contribution in [0.2, 0.25) is 0 Å². The van der Waals surface area contributed by atoms with Crippen LogP contribution in [-0.4, -0.2) is 22.9 Å². The summed E-state index contributed by atoms with van der Waals surface area (Å²) >= 11 is 4.19. The van der Waals surface area contributed by atoms with E-state index in [1.165, 1.54) is 0 Å². The molecule has 1 rings (SSSR count). The smallest absolute Gasteiger partial charge is 0.152 e. The molecule has 1 heterocycles. The molecule has 1 aliphatic heterocycles. The van der Waals surface area contributed by atoms with Crippen molar-refractivity contribution in [2.24, 2.45) is 5.92 Å². The molecule has 0 bridgehead atoms. The van der Waals surface area contributed by atoms with E-state index >= 15 is 0 Å². The Hall–Kier alpha value is 0.410. The van der Waals surface area contributed by atoms with Crippen molar-refractivity contribution in [2.45, 2.75) is 12.8 Å². The number of thiol groups is 1. The Morgan fingerprint density at radius 2 is 2.40 bits per heavy atom. The highest BCUT2D eigenvalue weighted by atomic mass is 32.1. The minimum Gasteiger partial charge on any atom is -0.295 e. The molecule has 4 heteroatoms. The van der Waals surface area contributed by atoms with Crippen LogP contribution in [0.4, 0.5) is 0 Å². The van der Waals surface area contributed by atoms with E-state index in [0.29, 0.717) is 0 Å². The van der Waals surface area contributed by atoms with Gasteiger partial charge in [0.15, 0.2) is 5.52 Å². The predicted octanol–water partition coefficient (Wildman–Crippen LogP) is 0.945. The van der Waals surface area contributed by atoms with Gasteiger partial charge >= 0.3 is 0 Å². The van der Waals surface area contributed by atoms with Gasteiger partial charge in [-0.25, -0.2) is 0 Å². The minimum atomic E-state index is 0.205. The third-order valence-corrected chi connectivity index (χ3v) is 2.64. The maximum absolute atomic E-state index is 10.8. The van der Waals surface area contributed by atoms with Gasteiger partial charge in [0.25, 0.3) is 0 Å². The zero-order valence-corrected chi connectivity index (χ0v) is 7.83. The molecule has 1 aliphatic rings. The molecule has 2 nitrogen and oxygen atoms in total. The van der Waals surface area contributed by atoms with Crippen molar-refractivity contribution in [3.05, 3.63) is 0 Å². The van der Waals surface area contributed by atoms with Crippen LogP contribution in [-0.2, 0) is 4.79 Å². The molecular weight excluding hydrogens is 165 g/mol. The molecule has 0 amide bonds. The number of piperidine rings is 1. The van der Waals surface area contributed by atoms with E-state index in [2.05, 4.69) is 22.1 Å². The molecule has 0 aromatic rings. The summed E-state index contributed by atoms with van der Waals surface area (Å²) in [6, 6.07) is 0. The van der Waals surface area contributed by atoms with Crippen LogP contribution in [0.15, 0.2) is 0 Å². The van der Waals surface area contributed by atoms with E-state index in [0.717, 1.165) is 25.9 Å². The molecule has 10 heavy (non-hydrogen) atoms.